The van der Waals surface area contributed by atoms with E-state index in [1.807, 2.05) is 27.7 Å². The minimum absolute atomic E-state index is 0.0839. The Balaban J connectivity index is 1.81. The summed E-state index contributed by atoms with van der Waals surface area (Å²) < 4.78 is 26.1. The van der Waals surface area contributed by atoms with Gasteiger partial charge in [-0.05, 0) is 51.7 Å². The van der Waals surface area contributed by atoms with Gasteiger partial charge < -0.3 is 14.4 Å². The standard InChI is InChI=1S/C16H20BFO4/c1-15(2)16(3,4)22-17(21-15)12-6-5-9(7-13(12)18)10-8-11(10)14(19)20/h5-7,10-11H,8H2,1-4H3,(H,19,20)/t10-,11+/m1/s1. The van der Waals surface area contributed by atoms with Crippen molar-refractivity contribution >= 4 is 18.6 Å². The molecule has 0 amide bonds. The van der Waals surface area contributed by atoms with Gasteiger partial charge in [0.05, 0.1) is 17.1 Å². The van der Waals surface area contributed by atoms with Crippen LogP contribution in [0.1, 0.15) is 45.6 Å². The Kier molecular flexibility index (Phi) is 3.38. The molecule has 0 spiro atoms. The van der Waals surface area contributed by atoms with Gasteiger partial charge in [-0.3, -0.25) is 4.79 Å². The van der Waals surface area contributed by atoms with Gasteiger partial charge in [0.2, 0.25) is 0 Å². The van der Waals surface area contributed by atoms with Crippen LogP contribution in [0.3, 0.4) is 0 Å². The summed E-state index contributed by atoms with van der Waals surface area (Å²) in [4.78, 5) is 10.9. The first kappa shape index (κ1) is 15.5. The third-order valence-corrected chi connectivity index (χ3v) is 5.07. The van der Waals surface area contributed by atoms with E-state index in [-0.39, 0.29) is 11.8 Å². The summed E-state index contributed by atoms with van der Waals surface area (Å²) in [5.74, 6) is -1.70. The molecule has 3 rings (SSSR count). The van der Waals surface area contributed by atoms with Crippen LogP contribution in [0.4, 0.5) is 4.39 Å². The van der Waals surface area contributed by atoms with Gasteiger partial charge in [-0.15, -0.1) is 0 Å². The summed E-state index contributed by atoms with van der Waals surface area (Å²) in [7, 11) is -0.742. The number of hydrogen-bond acceptors (Lipinski definition) is 3. The molecule has 1 saturated heterocycles. The van der Waals surface area contributed by atoms with Crippen LogP contribution in [0.2, 0.25) is 0 Å². The maximum absolute atomic E-state index is 14.4. The van der Waals surface area contributed by atoms with E-state index in [1.54, 1.807) is 12.1 Å². The van der Waals surface area contributed by atoms with Crippen molar-refractivity contribution in [2.75, 3.05) is 0 Å². The molecule has 6 heteroatoms. The van der Waals surface area contributed by atoms with Crippen LogP contribution in [-0.4, -0.2) is 29.4 Å². The van der Waals surface area contributed by atoms with Crippen LogP contribution in [-0.2, 0) is 14.1 Å². The highest BCUT2D eigenvalue weighted by molar-refractivity contribution is 6.62. The molecule has 0 radical (unpaired) electrons. The molecule has 1 heterocycles. The van der Waals surface area contributed by atoms with Gasteiger partial charge in [0.1, 0.15) is 5.82 Å². The molecular weight excluding hydrogens is 286 g/mol. The molecule has 22 heavy (non-hydrogen) atoms. The van der Waals surface area contributed by atoms with Crippen molar-refractivity contribution in [1.82, 2.24) is 0 Å². The predicted octanol–water partition coefficient (Wildman–Crippen LogP) is 2.31. The molecule has 2 atom stereocenters. The Morgan fingerprint density at radius 3 is 2.32 bits per heavy atom. The average Bonchev–Trinajstić information content (AvgIpc) is 3.13. The highest BCUT2D eigenvalue weighted by Gasteiger charge is 2.52. The van der Waals surface area contributed by atoms with Gasteiger partial charge >= 0.3 is 13.1 Å². The van der Waals surface area contributed by atoms with Crippen LogP contribution in [0.15, 0.2) is 18.2 Å². The zero-order chi connectivity index (χ0) is 16.3. The van der Waals surface area contributed by atoms with Crippen molar-refractivity contribution in [3.63, 3.8) is 0 Å². The molecule has 0 unspecified atom stereocenters. The van der Waals surface area contributed by atoms with Crippen LogP contribution < -0.4 is 5.46 Å². The summed E-state index contributed by atoms with van der Waals surface area (Å²) in [6.45, 7) is 7.67. The number of benzene rings is 1. The van der Waals surface area contributed by atoms with Crippen molar-refractivity contribution in [3.8, 4) is 0 Å². The lowest BCUT2D eigenvalue weighted by molar-refractivity contribution is -0.138. The number of halogens is 1. The van der Waals surface area contributed by atoms with E-state index in [2.05, 4.69) is 0 Å². The zero-order valence-corrected chi connectivity index (χ0v) is 13.2. The predicted molar refractivity (Wildman–Crippen MR) is 80.6 cm³/mol. The maximum atomic E-state index is 14.4. The van der Waals surface area contributed by atoms with E-state index >= 15 is 0 Å². The molecule has 1 aromatic rings. The Morgan fingerprint density at radius 2 is 1.86 bits per heavy atom. The highest BCUT2D eigenvalue weighted by Crippen LogP contribution is 2.47. The van der Waals surface area contributed by atoms with Crippen molar-refractivity contribution in [1.29, 1.82) is 0 Å². The van der Waals surface area contributed by atoms with Gasteiger partial charge in [-0.25, -0.2) is 4.39 Å². The van der Waals surface area contributed by atoms with Crippen LogP contribution >= 0.6 is 0 Å². The van der Waals surface area contributed by atoms with Gasteiger partial charge in [0, 0.05) is 5.46 Å². The van der Waals surface area contributed by atoms with Gasteiger partial charge in [-0.2, -0.15) is 0 Å². The molecule has 1 saturated carbocycles. The fourth-order valence-corrected chi connectivity index (χ4v) is 2.77. The lowest BCUT2D eigenvalue weighted by Crippen LogP contribution is -2.41. The lowest BCUT2D eigenvalue weighted by Gasteiger charge is -2.32. The second kappa shape index (κ2) is 4.80. The van der Waals surface area contributed by atoms with E-state index < -0.39 is 30.1 Å². The Hall–Kier alpha value is -1.40. The third-order valence-electron chi connectivity index (χ3n) is 5.07. The largest absolute Gasteiger partial charge is 0.497 e. The second-order valence-corrected chi connectivity index (χ2v) is 7.16. The monoisotopic (exact) mass is 306 g/mol. The number of hydrogen-bond donors (Lipinski definition) is 1. The second-order valence-electron chi connectivity index (χ2n) is 7.16. The Bertz CT molecular complexity index is 613. The molecule has 2 fully saturated rings. The van der Waals surface area contributed by atoms with E-state index in [1.165, 1.54) is 6.07 Å². The molecule has 4 nitrogen and oxygen atoms in total. The summed E-state index contributed by atoms with van der Waals surface area (Å²) >= 11 is 0. The quantitative estimate of drug-likeness (QED) is 0.871. The Morgan fingerprint density at radius 1 is 1.27 bits per heavy atom. The normalized spacial score (nSPS) is 28.7. The molecule has 1 aliphatic carbocycles. The zero-order valence-electron chi connectivity index (χ0n) is 13.2. The first-order valence-corrected chi connectivity index (χ1v) is 7.50. The smallest absolute Gasteiger partial charge is 0.481 e. The van der Waals surface area contributed by atoms with E-state index in [0.717, 1.165) is 5.56 Å². The SMILES string of the molecule is CC1(C)OB(c2ccc([C@H]3C[C@@H]3C(=O)O)cc2F)OC1(C)C. The van der Waals surface area contributed by atoms with Crippen molar-refractivity contribution < 1.29 is 23.6 Å². The fourth-order valence-electron chi connectivity index (χ4n) is 2.77. The molecule has 118 valence electrons. The molecule has 0 aromatic heterocycles. The lowest BCUT2D eigenvalue weighted by atomic mass is 9.78. The minimum Gasteiger partial charge on any atom is -0.481 e. The van der Waals surface area contributed by atoms with Crippen LogP contribution in [0.5, 0.6) is 0 Å². The van der Waals surface area contributed by atoms with Gasteiger partial charge in [0.15, 0.2) is 0 Å². The summed E-state index contributed by atoms with van der Waals surface area (Å²) in [5, 5.41) is 8.96. The molecule has 1 aliphatic heterocycles. The number of aliphatic carboxylic acids is 1. The first-order valence-electron chi connectivity index (χ1n) is 7.50. The number of rotatable bonds is 3. The fraction of sp³-hybridized carbons (Fsp3) is 0.562. The average molecular weight is 306 g/mol. The van der Waals surface area contributed by atoms with Gasteiger partial charge in [0.25, 0.3) is 0 Å². The molecule has 1 N–H and O–H groups in total. The Labute approximate surface area is 129 Å². The molecule has 2 aliphatic rings. The van der Waals surface area contributed by atoms with Gasteiger partial charge in [-0.1, -0.05) is 12.1 Å². The number of carboxylic acids is 1. The molecule has 0 bridgehead atoms. The van der Waals surface area contributed by atoms with Crippen LogP contribution in [0.25, 0.3) is 0 Å². The van der Waals surface area contributed by atoms with Crippen molar-refractivity contribution in [2.24, 2.45) is 5.92 Å². The highest BCUT2D eigenvalue weighted by atomic mass is 19.1. The van der Waals surface area contributed by atoms with E-state index in [0.29, 0.717) is 11.9 Å². The van der Waals surface area contributed by atoms with Crippen molar-refractivity contribution in [2.45, 2.75) is 51.2 Å². The number of carboxylic acid groups (broad SMARTS) is 1. The third kappa shape index (κ3) is 2.44. The summed E-state index contributed by atoms with van der Waals surface area (Å²) in [6, 6.07) is 4.83. The van der Waals surface area contributed by atoms with Crippen molar-refractivity contribution in [3.05, 3.63) is 29.6 Å². The first-order chi connectivity index (χ1) is 10.1. The molecular formula is C16H20BFO4. The molecule has 1 aromatic carbocycles. The number of carbonyl (C=O) groups is 1. The van der Waals surface area contributed by atoms with E-state index in [9.17, 15) is 9.18 Å². The topological polar surface area (TPSA) is 55.8 Å². The maximum Gasteiger partial charge on any atom is 0.497 e. The summed E-state index contributed by atoms with van der Waals surface area (Å²) in [6.07, 6.45) is 0.574. The summed E-state index contributed by atoms with van der Waals surface area (Å²) in [5.41, 5.74) is 0.0431. The van der Waals surface area contributed by atoms with Crippen LogP contribution in [0, 0.1) is 11.7 Å². The minimum atomic E-state index is -0.819. The van der Waals surface area contributed by atoms with E-state index in [4.69, 9.17) is 14.4 Å².